The van der Waals surface area contributed by atoms with Crippen molar-refractivity contribution in [3.05, 3.63) is 53.0 Å². The zero-order valence-corrected chi connectivity index (χ0v) is 18.0. The minimum absolute atomic E-state index is 0.114. The molecule has 2 aliphatic rings. The lowest BCUT2D eigenvalue weighted by Crippen LogP contribution is -2.39. The normalized spacial score (nSPS) is 18.9. The fourth-order valence-electron chi connectivity index (χ4n) is 4.11. The number of aromatic nitrogens is 1. The number of carbonyl (C=O) groups excluding carboxylic acids is 2. The summed E-state index contributed by atoms with van der Waals surface area (Å²) >= 11 is 0. The van der Waals surface area contributed by atoms with E-state index in [-0.39, 0.29) is 17.2 Å². The van der Waals surface area contributed by atoms with E-state index in [2.05, 4.69) is 4.98 Å². The minimum Gasteiger partial charge on any atom is -0.351 e. The van der Waals surface area contributed by atoms with Gasteiger partial charge in [0.2, 0.25) is 0 Å². The summed E-state index contributed by atoms with van der Waals surface area (Å²) in [7, 11) is -4.75. The van der Waals surface area contributed by atoms with Crippen LogP contribution in [0.25, 0.3) is 0 Å². The summed E-state index contributed by atoms with van der Waals surface area (Å²) in [6, 6.07) is 5.72. The van der Waals surface area contributed by atoms with Crippen LogP contribution in [0.1, 0.15) is 46.9 Å². The van der Waals surface area contributed by atoms with Crippen molar-refractivity contribution in [1.82, 2.24) is 9.88 Å². The predicted octanol–water partition coefficient (Wildman–Crippen LogP) is 2.95. The standard InChI is InChI=1S/C21H20F3N3O4S/c1-12-6-4-5-9-26(12)19-16(23)17(15(22)18(24)25-19)32(30,31)11-10-27-20(28)13-7-2-3-8-14(13)21(27)29/h2-3,7-8,12H,4-6,9-11H2,1H3. The molecule has 4 rings (SSSR count). The zero-order chi connectivity index (χ0) is 23.2. The number of pyridine rings is 1. The molecule has 0 spiro atoms. The molecule has 2 aromatic rings. The average Bonchev–Trinajstić information content (AvgIpc) is 3.00. The van der Waals surface area contributed by atoms with Gasteiger partial charge in [0.05, 0.1) is 16.9 Å². The lowest BCUT2D eigenvalue weighted by Gasteiger charge is -2.34. The number of rotatable bonds is 5. The van der Waals surface area contributed by atoms with E-state index in [1.54, 1.807) is 19.1 Å². The number of anilines is 1. The van der Waals surface area contributed by atoms with Crippen molar-refractivity contribution in [3.8, 4) is 0 Å². The number of hydrogen-bond donors (Lipinski definition) is 0. The van der Waals surface area contributed by atoms with Crippen molar-refractivity contribution in [1.29, 1.82) is 0 Å². The number of amides is 2. The Bertz CT molecular complexity index is 1180. The highest BCUT2D eigenvalue weighted by Crippen LogP contribution is 2.32. The molecular weight excluding hydrogens is 447 g/mol. The van der Waals surface area contributed by atoms with Gasteiger partial charge in [-0.25, -0.2) is 17.2 Å². The largest absolute Gasteiger partial charge is 0.351 e. The zero-order valence-electron chi connectivity index (χ0n) is 17.1. The van der Waals surface area contributed by atoms with Crippen LogP contribution in [0.5, 0.6) is 0 Å². The van der Waals surface area contributed by atoms with Crippen LogP contribution < -0.4 is 4.90 Å². The van der Waals surface area contributed by atoms with Gasteiger partial charge in [-0.1, -0.05) is 12.1 Å². The summed E-state index contributed by atoms with van der Waals surface area (Å²) in [4.78, 5) is 28.9. The van der Waals surface area contributed by atoms with Crippen molar-refractivity contribution >= 4 is 27.5 Å². The van der Waals surface area contributed by atoms with Crippen LogP contribution in [0.4, 0.5) is 19.0 Å². The molecule has 2 amide bonds. The summed E-state index contributed by atoms with van der Waals surface area (Å²) in [6.45, 7) is 1.45. The highest BCUT2D eigenvalue weighted by Gasteiger charge is 2.38. The van der Waals surface area contributed by atoms with Crippen LogP contribution in [0, 0.1) is 17.6 Å². The minimum atomic E-state index is -4.75. The van der Waals surface area contributed by atoms with E-state index in [4.69, 9.17) is 0 Å². The number of carbonyl (C=O) groups is 2. The van der Waals surface area contributed by atoms with E-state index < -0.39 is 62.2 Å². The van der Waals surface area contributed by atoms with Gasteiger partial charge in [0.15, 0.2) is 27.3 Å². The molecule has 11 heteroatoms. The Morgan fingerprint density at radius 1 is 1.03 bits per heavy atom. The third-order valence-electron chi connectivity index (χ3n) is 5.83. The maximum absolute atomic E-state index is 15.2. The monoisotopic (exact) mass is 467 g/mol. The van der Waals surface area contributed by atoms with E-state index in [0.717, 1.165) is 6.42 Å². The van der Waals surface area contributed by atoms with Gasteiger partial charge in [0.25, 0.3) is 17.8 Å². The van der Waals surface area contributed by atoms with Gasteiger partial charge in [-0.15, -0.1) is 0 Å². The molecule has 2 aliphatic heterocycles. The number of piperidine rings is 1. The SMILES string of the molecule is CC1CCCCN1c1nc(F)c(F)c(S(=O)(=O)CCN2C(=O)c3ccccc3C2=O)c1F. The van der Waals surface area contributed by atoms with Crippen LogP contribution in [0.3, 0.4) is 0 Å². The van der Waals surface area contributed by atoms with Crippen LogP contribution in [0.2, 0.25) is 0 Å². The lowest BCUT2D eigenvalue weighted by atomic mass is 10.0. The van der Waals surface area contributed by atoms with Crippen molar-refractivity contribution in [2.24, 2.45) is 0 Å². The second-order valence-electron chi connectivity index (χ2n) is 7.85. The highest BCUT2D eigenvalue weighted by atomic mass is 32.2. The maximum atomic E-state index is 15.2. The van der Waals surface area contributed by atoms with Crippen LogP contribution in [-0.2, 0) is 9.84 Å². The Morgan fingerprint density at radius 3 is 2.25 bits per heavy atom. The molecule has 1 aromatic heterocycles. The van der Waals surface area contributed by atoms with E-state index in [9.17, 15) is 26.8 Å². The first-order valence-corrected chi connectivity index (χ1v) is 11.8. The fraction of sp³-hybridized carbons (Fsp3) is 0.381. The summed E-state index contributed by atoms with van der Waals surface area (Å²) < 4.78 is 69.5. The third kappa shape index (κ3) is 3.64. The third-order valence-corrected chi connectivity index (χ3v) is 7.53. The molecule has 1 saturated heterocycles. The Hall–Kier alpha value is -2.95. The quantitative estimate of drug-likeness (QED) is 0.496. The smallest absolute Gasteiger partial charge is 0.261 e. The first kappa shape index (κ1) is 22.3. The first-order chi connectivity index (χ1) is 15.1. The molecule has 3 heterocycles. The van der Waals surface area contributed by atoms with Gasteiger partial charge in [-0.2, -0.15) is 9.37 Å². The molecule has 32 heavy (non-hydrogen) atoms. The molecule has 1 unspecified atom stereocenters. The number of hydrogen-bond acceptors (Lipinski definition) is 6. The molecule has 0 radical (unpaired) electrons. The molecule has 1 atom stereocenters. The molecule has 0 saturated carbocycles. The van der Waals surface area contributed by atoms with Gasteiger partial charge in [0.1, 0.15) is 4.90 Å². The number of benzene rings is 1. The number of halogens is 3. The topological polar surface area (TPSA) is 87.7 Å². The van der Waals surface area contributed by atoms with Gasteiger partial charge in [-0.3, -0.25) is 14.5 Å². The second kappa shape index (κ2) is 8.19. The highest BCUT2D eigenvalue weighted by molar-refractivity contribution is 7.91. The summed E-state index contributed by atoms with van der Waals surface area (Å²) in [5, 5.41) is 0. The summed E-state index contributed by atoms with van der Waals surface area (Å²) in [5.41, 5.74) is 0.229. The molecule has 0 N–H and O–H groups in total. The van der Waals surface area contributed by atoms with Crippen molar-refractivity contribution < 1.29 is 31.2 Å². The summed E-state index contributed by atoms with van der Waals surface area (Å²) in [6.07, 6.45) is 2.21. The van der Waals surface area contributed by atoms with Gasteiger partial charge in [-0.05, 0) is 38.3 Å². The molecule has 170 valence electrons. The molecule has 1 fully saturated rings. The van der Waals surface area contributed by atoms with Crippen LogP contribution >= 0.6 is 0 Å². The molecule has 0 bridgehead atoms. The number of nitrogens with zero attached hydrogens (tertiary/aromatic N) is 3. The van der Waals surface area contributed by atoms with Crippen molar-refractivity contribution in [2.75, 3.05) is 23.7 Å². The number of sulfone groups is 1. The fourth-order valence-corrected chi connectivity index (χ4v) is 5.46. The number of fused-ring (bicyclic) bond motifs is 1. The van der Waals surface area contributed by atoms with Crippen molar-refractivity contribution in [2.45, 2.75) is 37.1 Å². The average molecular weight is 467 g/mol. The van der Waals surface area contributed by atoms with Crippen molar-refractivity contribution in [3.63, 3.8) is 0 Å². The van der Waals surface area contributed by atoms with E-state index in [1.165, 1.54) is 17.0 Å². The maximum Gasteiger partial charge on any atom is 0.261 e. The van der Waals surface area contributed by atoms with Crippen LogP contribution in [0.15, 0.2) is 29.2 Å². The predicted molar refractivity (Wildman–Crippen MR) is 109 cm³/mol. The van der Waals surface area contributed by atoms with Gasteiger partial charge in [0, 0.05) is 19.1 Å². The van der Waals surface area contributed by atoms with Gasteiger partial charge >= 0.3 is 0 Å². The number of imide groups is 1. The Morgan fingerprint density at radius 2 is 1.66 bits per heavy atom. The lowest BCUT2D eigenvalue weighted by molar-refractivity contribution is 0.0664. The molecular formula is C21H20F3N3O4S. The van der Waals surface area contributed by atoms with E-state index >= 15 is 4.39 Å². The van der Waals surface area contributed by atoms with Gasteiger partial charge < -0.3 is 4.90 Å². The van der Waals surface area contributed by atoms with E-state index in [1.807, 2.05) is 0 Å². The van der Waals surface area contributed by atoms with E-state index in [0.29, 0.717) is 24.3 Å². The molecule has 7 nitrogen and oxygen atoms in total. The first-order valence-electron chi connectivity index (χ1n) is 10.1. The Labute approximate surface area is 182 Å². The Balaban J connectivity index is 1.64. The Kier molecular flexibility index (Phi) is 5.70. The molecule has 0 aliphatic carbocycles. The summed E-state index contributed by atoms with van der Waals surface area (Å²) in [5.74, 6) is -8.05. The van der Waals surface area contributed by atoms with Crippen LogP contribution in [-0.4, -0.2) is 55.0 Å². The molecule has 1 aromatic carbocycles. The second-order valence-corrected chi connectivity index (χ2v) is 9.89.